The van der Waals surface area contributed by atoms with Gasteiger partial charge in [-0.15, -0.1) is 0 Å². The smallest absolute Gasteiger partial charge is 0.416 e. The second kappa shape index (κ2) is 10.4. The minimum absolute atomic E-state index is 0.0354. The van der Waals surface area contributed by atoms with Gasteiger partial charge in [-0.2, -0.15) is 23.3 Å². The number of alkyl halides is 3. The van der Waals surface area contributed by atoms with Crippen molar-refractivity contribution >= 4 is 23.3 Å². The fourth-order valence-corrected chi connectivity index (χ4v) is 3.83. The largest absolute Gasteiger partial charge is 0.463 e. The number of halogens is 3. The average Bonchev–Trinajstić information content (AvgIpc) is 3.47. The lowest BCUT2D eigenvalue weighted by molar-refractivity contribution is -0.145. The van der Waals surface area contributed by atoms with Gasteiger partial charge in [-0.3, -0.25) is 14.4 Å². The Bertz CT molecular complexity index is 1330. The summed E-state index contributed by atoms with van der Waals surface area (Å²) in [6.45, 7) is 4.23. The zero-order chi connectivity index (χ0) is 25.9. The van der Waals surface area contributed by atoms with Gasteiger partial charge in [0.15, 0.2) is 17.8 Å². The summed E-state index contributed by atoms with van der Waals surface area (Å²) in [5, 5.41) is 5.92. The van der Waals surface area contributed by atoms with Crippen LogP contribution in [0.4, 0.5) is 13.2 Å². The van der Waals surface area contributed by atoms with Crippen LogP contribution >= 0.6 is 0 Å². The Hall–Kier alpha value is -3.90. The van der Waals surface area contributed by atoms with Crippen molar-refractivity contribution in [3.8, 4) is 6.01 Å². The Balaban J connectivity index is 1.52. The number of nitrogens with one attached hydrogen (secondary N) is 1. The maximum atomic E-state index is 13.1. The average molecular weight is 506 g/mol. The first-order valence-corrected chi connectivity index (χ1v) is 11.4. The summed E-state index contributed by atoms with van der Waals surface area (Å²) < 4.78 is 50.6. The van der Waals surface area contributed by atoms with E-state index in [1.54, 1.807) is 24.2 Å². The van der Waals surface area contributed by atoms with Gasteiger partial charge in [0.25, 0.3) is 5.56 Å². The van der Waals surface area contributed by atoms with Crippen LogP contribution in [0.3, 0.4) is 0 Å². The van der Waals surface area contributed by atoms with Crippen LogP contribution in [0.25, 0.3) is 11.2 Å². The van der Waals surface area contributed by atoms with Gasteiger partial charge in [0.05, 0.1) is 31.2 Å². The Morgan fingerprint density at radius 2 is 2.06 bits per heavy atom. The maximum absolute atomic E-state index is 13.1. The second-order valence-electron chi connectivity index (χ2n) is 8.18. The number of fused-ring (bicyclic) bond motifs is 1. The van der Waals surface area contributed by atoms with Crippen LogP contribution in [0.2, 0.25) is 0 Å². The summed E-state index contributed by atoms with van der Waals surface area (Å²) in [5.74, 6) is -0.468. The summed E-state index contributed by atoms with van der Waals surface area (Å²) in [6, 6.07) is 5.06. The highest BCUT2D eigenvalue weighted by molar-refractivity contribution is 5.74. The van der Waals surface area contributed by atoms with Crippen molar-refractivity contribution in [2.24, 2.45) is 5.10 Å². The fraction of sp³-hybridized carbons (Fsp3) is 0.435. The highest BCUT2D eigenvalue weighted by Gasteiger charge is 2.31. The highest BCUT2D eigenvalue weighted by Crippen LogP contribution is 2.30. The molecule has 2 aromatic heterocycles. The third-order valence-corrected chi connectivity index (χ3v) is 5.45. The number of rotatable bonds is 9. The molecule has 0 fully saturated rings. The molecule has 3 heterocycles. The minimum Gasteiger partial charge on any atom is -0.463 e. The van der Waals surface area contributed by atoms with E-state index in [0.717, 1.165) is 12.1 Å². The molecule has 192 valence electrons. The number of carbonyl (C=O) groups excluding carboxylic acids is 1. The second-order valence-corrected chi connectivity index (χ2v) is 8.18. The predicted octanol–water partition coefficient (Wildman–Crippen LogP) is 3.08. The quantitative estimate of drug-likeness (QED) is 0.444. The highest BCUT2D eigenvalue weighted by atomic mass is 19.4. The molecule has 0 radical (unpaired) electrons. The molecular formula is C23H25F3N6O4. The van der Waals surface area contributed by atoms with Crippen LogP contribution in [0.15, 0.2) is 34.2 Å². The van der Waals surface area contributed by atoms with E-state index in [2.05, 4.69) is 20.1 Å². The third kappa shape index (κ3) is 5.50. The van der Waals surface area contributed by atoms with Crippen molar-refractivity contribution in [1.29, 1.82) is 0 Å². The zero-order valence-electron chi connectivity index (χ0n) is 19.7. The molecule has 0 bridgehead atoms. The standard InChI is InChI=1S/C23H25F3N6O4/c1-3-8-32-21(34)18-20(30-22(32)36-13-17(33)35-4-2)29-19(28-18)15-10-27-31(12-15)11-14-6-5-7-16(9-14)23(24,25)26/h5-7,9-10,15H,3-4,8,11-13H2,1-2H3,(H,28,29). The number of nitrogens with zero attached hydrogens (tertiary/aromatic N) is 5. The number of esters is 1. The summed E-state index contributed by atoms with van der Waals surface area (Å²) in [6.07, 6.45) is -2.17. The molecule has 1 atom stereocenters. The Kier molecular flexibility index (Phi) is 7.27. The number of hydrogen-bond donors (Lipinski definition) is 1. The van der Waals surface area contributed by atoms with E-state index in [-0.39, 0.29) is 36.2 Å². The normalized spacial score (nSPS) is 15.6. The SMILES string of the molecule is CCCn1c(OCC(=O)OCC)nc2nc(C3C=NN(Cc4cccc(C(F)(F)F)c4)C3)[nH]c2c1=O. The number of imidazole rings is 1. The molecule has 1 unspecified atom stereocenters. The fourth-order valence-electron chi connectivity index (χ4n) is 3.83. The number of ether oxygens (including phenoxy) is 2. The number of benzene rings is 1. The number of aromatic nitrogens is 4. The van der Waals surface area contributed by atoms with Gasteiger partial charge in [0.2, 0.25) is 0 Å². The van der Waals surface area contributed by atoms with Gasteiger partial charge in [-0.05, 0) is 31.0 Å². The van der Waals surface area contributed by atoms with Gasteiger partial charge in [0, 0.05) is 12.8 Å². The van der Waals surface area contributed by atoms with Crippen molar-refractivity contribution in [2.75, 3.05) is 19.8 Å². The van der Waals surface area contributed by atoms with Crippen molar-refractivity contribution in [3.63, 3.8) is 0 Å². The topological polar surface area (TPSA) is 115 Å². The molecule has 0 amide bonds. The number of hydrogen-bond acceptors (Lipinski definition) is 8. The van der Waals surface area contributed by atoms with Gasteiger partial charge in [-0.1, -0.05) is 19.1 Å². The summed E-state index contributed by atoms with van der Waals surface area (Å²) in [7, 11) is 0. The number of H-pyrrole nitrogens is 1. The number of hydrazone groups is 1. The molecule has 36 heavy (non-hydrogen) atoms. The lowest BCUT2D eigenvalue weighted by Gasteiger charge is -2.16. The van der Waals surface area contributed by atoms with Crippen LogP contribution in [0.1, 0.15) is 43.1 Å². The molecule has 0 saturated carbocycles. The van der Waals surface area contributed by atoms with Crippen molar-refractivity contribution in [2.45, 2.75) is 45.5 Å². The van der Waals surface area contributed by atoms with E-state index in [1.165, 1.54) is 10.6 Å². The van der Waals surface area contributed by atoms with Crippen LogP contribution in [-0.4, -0.2) is 56.5 Å². The Morgan fingerprint density at radius 3 is 2.78 bits per heavy atom. The number of carbonyl (C=O) groups is 1. The Labute approximate surface area is 203 Å². The van der Waals surface area contributed by atoms with Crippen LogP contribution in [-0.2, 0) is 28.8 Å². The summed E-state index contributed by atoms with van der Waals surface area (Å²) >= 11 is 0. The molecule has 1 aromatic carbocycles. The lowest BCUT2D eigenvalue weighted by atomic mass is 10.1. The molecule has 10 nitrogen and oxygen atoms in total. The molecule has 0 spiro atoms. The summed E-state index contributed by atoms with van der Waals surface area (Å²) in [4.78, 5) is 36.5. The molecule has 1 aliphatic rings. The molecule has 13 heteroatoms. The molecule has 3 aromatic rings. The van der Waals surface area contributed by atoms with E-state index in [4.69, 9.17) is 9.47 Å². The third-order valence-electron chi connectivity index (χ3n) is 5.45. The molecule has 1 aliphatic heterocycles. The van der Waals surface area contributed by atoms with Crippen molar-refractivity contribution < 1.29 is 27.4 Å². The Morgan fingerprint density at radius 1 is 1.25 bits per heavy atom. The van der Waals surface area contributed by atoms with Gasteiger partial charge in [0.1, 0.15) is 5.82 Å². The molecular weight excluding hydrogens is 481 g/mol. The molecule has 0 aliphatic carbocycles. The summed E-state index contributed by atoms with van der Waals surface area (Å²) in [5.41, 5.74) is -0.319. The van der Waals surface area contributed by atoms with Crippen LogP contribution < -0.4 is 10.3 Å². The lowest BCUT2D eigenvalue weighted by Crippen LogP contribution is -2.26. The predicted molar refractivity (Wildman–Crippen MR) is 124 cm³/mol. The zero-order valence-corrected chi connectivity index (χ0v) is 19.7. The van der Waals surface area contributed by atoms with E-state index >= 15 is 0 Å². The van der Waals surface area contributed by atoms with Gasteiger partial charge >= 0.3 is 18.2 Å². The molecule has 1 N–H and O–H groups in total. The first kappa shape index (κ1) is 25.2. The molecule has 0 saturated heterocycles. The van der Waals surface area contributed by atoms with Crippen molar-refractivity contribution in [1.82, 2.24) is 24.5 Å². The maximum Gasteiger partial charge on any atom is 0.416 e. The minimum atomic E-state index is -4.42. The first-order valence-electron chi connectivity index (χ1n) is 11.4. The molecule has 4 rings (SSSR count). The van der Waals surface area contributed by atoms with Crippen LogP contribution in [0.5, 0.6) is 6.01 Å². The van der Waals surface area contributed by atoms with E-state index in [9.17, 15) is 22.8 Å². The van der Waals surface area contributed by atoms with Crippen molar-refractivity contribution in [3.05, 3.63) is 51.6 Å². The van der Waals surface area contributed by atoms with Gasteiger partial charge < -0.3 is 14.5 Å². The van der Waals surface area contributed by atoms with E-state index in [1.807, 2.05) is 6.92 Å². The van der Waals surface area contributed by atoms with E-state index in [0.29, 0.717) is 30.9 Å². The van der Waals surface area contributed by atoms with Gasteiger partial charge in [-0.25, -0.2) is 9.78 Å². The van der Waals surface area contributed by atoms with Crippen LogP contribution in [0, 0.1) is 0 Å². The first-order chi connectivity index (χ1) is 17.2. The monoisotopic (exact) mass is 506 g/mol. The number of aromatic amines is 1. The van der Waals surface area contributed by atoms with E-state index < -0.39 is 29.9 Å².